The third-order valence-electron chi connectivity index (χ3n) is 3.03. The maximum absolute atomic E-state index is 5.90. The number of thiophene rings is 1. The van der Waals surface area contributed by atoms with Gasteiger partial charge in [0.05, 0.1) is 11.2 Å². The molecule has 1 aromatic rings. The minimum absolute atomic E-state index is 0.194. The molecule has 0 N–H and O–H groups in total. The second-order valence-electron chi connectivity index (χ2n) is 4.60. The highest BCUT2D eigenvalue weighted by Gasteiger charge is 2.52. The zero-order valence-electron chi connectivity index (χ0n) is 9.03. The van der Waals surface area contributed by atoms with E-state index in [2.05, 4.69) is 27.7 Å². The average Bonchev–Trinajstić information content (AvgIpc) is 2.58. The fourth-order valence-electron chi connectivity index (χ4n) is 1.38. The molecule has 0 radical (unpaired) electrons. The molecule has 2 nitrogen and oxygen atoms in total. The molecule has 0 bridgehead atoms. The number of hydrogen-bond donors (Lipinski definition) is 0. The Morgan fingerprint density at radius 3 is 2.14 bits per heavy atom. The van der Waals surface area contributed by atoms with Crippen molar-refractivity contribution in [3.8, 4) is 0 Å². The van der Waals surface area contributed by atoms with E-state index >= 15 is 0 Å². The summed E-state index contributed by atoms with van der Waals surface area (Å²) in [6.07, 6.45) is 0. The van der Waals surface area contributed by atoms with Crippen LogP contribution in [-0.2, 0) is 9.31 Å². The monoisotopic (exact) mass is 210 g/mol. The Kier molecular flexibility index (Phi) is 2.25. The van der Waals surface area contributed by atoms with Crippen LogP contribution < -0.4 is 4.78 Å². The maximum atomic E-state index is 5.90. The molecular weight excluding hydrogens is 195 g/mol. The van der Waals surface area contributed by atoms with Crippen molar-refractivity contribution < 1.29 is 9.31 Å². The normalized spacial score (nSPS) is 24.1. The summed E-state index contributed by atoms with van der Waals surface area (Å²) in [5.74, 6) is 0. The Labute approximate surface area is 89.4 Å². The van der Waals surface area contributed by atoms with E-state index in [9.17, 15) is 0 Å². The number of hydrogen-bond acceptors (Lipinski definition) is 3. The summed E-state index contributed by atoms with van der Waals surface area (Å²) in [7, 11) is -0.194. The lowest BCUT2D eigenvalue weighted by atomic mass is 9.88. The van der Waals surface area contributed by atoms with Crippen LogP contribution in [0.3, 0.4) is 0 Å². The zero-order chi connectivity index (χ0) is 10.4. The molecule has 0 saturated carbocycles. The minimum Gasteiger partial charge on any atom is -0.399 e. The summed E-state index contributed by atoms with van der Waals surface area (Å²) >= 11 is 1.67. The Morgan fingerprint density at radius 2 is 1.71 bits per heavy atom. The van der Waals surface area contributed by atoms with Crippen molar-refractivity contribution >= 4 is 23.2 Å². The van der Waals surface area contributed by atoms with Crippen LogP contribution in [0.15, 0.2) is 17.5 Å². The van der Waals surface area contributed by atoms with Crippen LogP contribution in [0.2, 0.25) is 0 Å². The summed E-state index contributed by atoms with van der Waals surface area (Å²) in [5, 5.41) is 2.04. The Hall–Kier alpha value is -0.315. The molecule has 4 heteroatoms. The molecule has 14 heavy (non-hydrogen) atoms. The van der Waals surface area contributed by atoms with Crippen molar-refractivity contribution in [2.24, 2.45) is 0 Å². The van der Waals surface area contributed by atoms with E-state index in [0.29, 0.717) is 0 Å². The van der Waals surface area contributed by atoms with Gasteiger partial charge in [0.25, 0.3) is 0 Å². The molecule has 1 aliphatic rings. The third-order valence-corrected chi connectivity index (χ3v) is 3.92. The van der Waals surface area contributed by atoms with Crippen molar-refractivity contribution in [3.05, 3.63) is 17.5 Å². The lowest BCUT2D eigenvalue weighted by Crippen LogP contribution is -2.41. The van der Waals surface area contributed by atoms with E-state index in [0.717, 1.165) is 4.78 Å². The van der Waals surface area contributed by atoms with Crippen molar-refractivity contribution in [2.75, 3.05) is 0 Å². The first-order valence-electron chi connectivity index (χ1n) is 4.81. The van der Waals surface area contributed by atoms with Crippen LogP contribution >= 0.6 is 11.3 Å². The van der Waals surface area contributed by atoms with Gasteiger partial charge in [0, 0.05) is 4.78 Å². The first kappa shape index (κ1) is 10.2. The predicted molar refractivity (Wildman–Crippen MR) is 60.0 cm³/mol. The molecule has 0 spiro atoms. The predicted octanol–water partition coefficient (Wildman–Crippen LogP) is 2.05. The molecule has 2 rings (SSSR count). The minimum atomic E-state index is -0.234. The van der Waals surface area contributed by atoms with Crippen LogP contribution in [0.4, 0.5) is 0 Å². The largest absolute Gasteiger partial charge is 0.505 e. The Morgan fingerprint density at radius 1 is 1.14 bits per heavy atom. The molecular formula is C10H15BO2S. The van der Waals surface area contributed by atoms with Crippen molar-refractivity contribution in [3.63, 3.8) is 0 Å². The molecule has 0 atom stereocenters. The van der Waals surface area contributed by atoms with Gasteiger partial charge < -0.3 is 9.31 Å². The molecule has 0 aliphatic carbocycles. The van der Waals surface area contributed by atoms with Crippen molar-refractivity contribution in [1.82, 2.24) is 0 Å². The van der Waals surface area contributed by atoms with Crippen molar-refractivity contribution in [1.29, 1.82) is 0 Å². The first-order chi connectivity index (χ1) is 6.42. The van der Waals surface area contributed by atoms with Crippen LogP contribution in [0.5, 0.6) is 0 Å². The lowest BCUT2D eigenvalue weighted by Gasteiger charge is -2.32. The van der Waals surface area contributed by atoms with E-state index in [-0.39, 0.29) is 18.3 Å². The summed E-state index contributed by atoms with van der Waals surface area (Å²) in [6.45, 7) is 8.28. The fraction of sp³-hybridized carbons (Fsp3) is 0.600. The summed E-state index contributed by atoms with van der Waals surface area (Å²) < 4.78 is 12.9. The van der Waals surface area contributed by atoms with Crippen LogP contribution in [0, 0.1) is 0 Å². The van der Waals surface area contributed by atoms with Gasteiger partial charge in [0.2, 0.25) is 0 Å². The van der Waals surface area contributed by atoms with Gasteiger partial charge in [0.15, 0.2) is 0 Å². The van der Waals surface area contributed by atoms with Crippen LogP contribution in [0.25, 0.3) is 0 Å². The molecule has 1 aromatic heterocycles. The lowest BCUT2D eigenvalue weighted by molar-refractivity contribution is 0.00578. The van der Waals surface area contributed by atoms with E-state index in [1.807, 2.05) is 17.5 Å². The molecule has 76 valence electrons. The van der Waals surface area contributed by atoms with Gasteiger partial charge in [-0.3, -0.25) is 0 Å². The Bertz CT molecular complexity index is 303. The highest BCUT2D eigenvalue weighted by molar-refractivity contribution is 7.20. The van der Waals surface area contributed by atoms with Gasteiger partial charge in [-0.1, -0.05) is 12.1 Å². The molecule has 2 heterocycles. The van der Waals surface area contributed by atoms with Gasteiger partial charge in [-0.25, -0.2) is 0 Å². The van der Waals surface area contributed by atoms with E-state index in [1.54, 1.807) is 11.3 Å². The molecule has 1 aliphatic heterocycles. The van der Waals surface area contributed by atoms with Crippen LogP contribution in [0.1, 0.15) is 27.7 Å². The Balaban J connectivity index is 2.22. The average molecular weight is 210 g/mol. The van der Waals surface area contributed by atoms with Gasteiger partial charge in [-0.2, -0.15) is 11.3 Å². The van der Waals surface area contributed by atoms with E-state index in [4.69, 9.17) is 9.31 Å². The summed E-state index contributed by atoms with van der Waals surface area (Å²) in [6, 6.07) is 4.07. The second-order valence-corrected chi connectivity index (χ2v) is 5.58. The quantitative estimate of drug-likeness (QED) is 0.660. The topological polar surface area (TPSA) is 18.5 Å². The maximum Gasteiger partial charge on any atom is 0.505 e. The molecule has 1 fully saturated rings. The van der Waals surface area contributed by atoms with Gasteiger partial charge in [0.1, 0.15) is 0 Å². The standard InChI is InChI=1S/C10H15BO2S/c1-9(2)10(3,4)13-11(12-9)8-6-5-7-14-8/h5-7H,1-4H3. The molecule has 0 aromatic carbocycles. The van der Waals surface area contributed by atoms with E-state index < -0.39 is 0 Å². The van der Waals surface area contributed by atoms with E-state index in [1.165, 1.54) is 0 Å². The fourth-order valence-corrected chi connectivity index (χ4v) is 2.06. The molecule has 1 saturated heterocycles. The van der Waals surface area contributed by atoms with Gasteiger partial charge >= 0.3 is 7.12 Å². The molecule has 0 amide bonds. The van der Waals surface area contributed by atoms with Crippen LogP contribution in [-0.4, -0.2) is 18.3 Å². The highest BCUT2D eigenvalue weighted by atomic mass is 32.1. The van der Waals surface area contributed by atoms with Gasteiger partial charge in [-0.05, 0) is 33.1 Å². The second kappa shape index (κ2) is 3.09. The summed E-state index contributed by atoms with van der Waals surface area (Å²) in [5.41, 5.74) is -0.469. The SMILES string of the molecule is CC1(C)OB(c2cccs2)OC1(C)C. The first-order valence-corrected chi connectivity index (χ1v) is 5.69. The summed E-state index contributed by atoms with van der Waals surface area (Å²) in [4.78, 5) is 0. The number of rotatable bonds is 1. The third kappa shape index (κ3) is 1.51. The highest BCUT2D eigenvalue weighted by Crippen LogP contribution is 2.36. The smallest absolute Gasteiger partial charge is 0.399 e. The van der Waals surface area contributed by atoms with Gasteiger partial charge in [-0.15, -0.1) is 0 Å². The molecule has 0 unspecified atom stereocenters. The zero-order valence-corrected chi connectivity index (χ0v) is 9.85. The van der Waals surface area contributed by atoms with Crippen molar-refractivity contribution in [2.45, 2.75) is 38.9 Å².